The number of pyridine rings is 1. The number of rotatable bonds is 2. The maximum Gasteiger partial charge on any atom is 0.220 e. The third-order valence-corrected chi connectivity index (χ3v) is 7.74. The lowest BCUT2D eigenvalue weighted by atomic mass is 9.95. The van der Waals surface area contributed by atoms with E-state index >= 15 is 0 Å². The number of fused-ring (bicyclic) bond motifs is 2. The Hall–Kier alpha value is -1.93. The Balaban J connectivity index is 1.97. The van der Waals surface area contributed by atoms with Gasteiger partial charge >= 0.3 is 0 Å². The summed E-state index contributed by atoms with van der Waals surface area (Å²) in [7, 11) is 0.882. The molecule has 3 aromatic rings. The third-order valence-electron chi connectivity index (χ3n) is 5.70. The van der Waals surface area contributed by atoms with Gasteiger partial charge in [0.05, 0.1) is 13.5 Å². The van der Waals surface area contributed by atoms with Crippen molar-refractivity contribution >= 4 is 24.0 Å². The highest BCUT2D eigenvalue weighted by atomic mass is 28.3. The van der Waals surface area contributed by atoms with Crippen LogP contribution in [0.1, 0.15) is 23.1 Å². The first-order valence-corrected chi connectivity index (χ1v) is 12.9. The second kappa shape index (κ2) is 5.81. The first-order chi connectivity index (χ1) is 11.8. The van der Waals surface area contributed by atoms with Gasteiger partial charge in [0, 0.05) is 11.6 Å². The number of aromatic nitrogens is 1. The molecular weight excluding hydrogens is 318 g/mol. The highest BCUT2D eigenvalue weighted by Crippen LogP contribution is 2.33. The molecule has 1 heterocycles. The number of aryl methyl sites for hydroxylation is 4. The van der Waals surface area contributed by atoms with Crippen LogP contribution in [0.2, 0.25) is 19.6 Å². The number of hydrogen-bond acceptors (Lipinski definition) is 0. The van der Waals surface area contributed by atoms with E-state index in [0.717, 1.165) is 0 Å². The van der Waals surface area contributed by atoms with Gasteiger partial charge in [-0.25, -0.2) is 4.57 Å². The lowest BCUT2D eigenvalue weighted by molar-refractivity contribution is -0.659. The van der Waals surface area contributed by atoms with E-state index in [1.165, 1.54) is 52.0 Å². The van der Waals surface area contributed by atoms with Crippen LogP contribution in [0.5, 0.6) is 0 Å². The Morgan fingerprint density at radius 2 is 1.64 bits per heavy atom. The zero-order valence-corrected chi connectivity index (χ0v) is 17.1. The Morgan fingerprint density at radius 3 is 2.36 bits per heavy atom. The molecular formula is C23H28NSi+. The Bertz CT molecular complexity index is 980. The fourth-order valence-corrected chi connectivity index (χ4v) is 5.35. The molecule has 0 amide bonds. The van der Waals surface area contributed by atoms with Crippen LogP contribution in [0.3, 0.4) is 0 Å². The molecule has 1 aliphatic rings. The van der Waals surface area contributed by atoms with Gasteiger partial charge in [0.15, 0.2) is 6.20 Å². The topological polar surface area (TPSA) is 3.88 Å². The second-order valence-electron chi connectivity index (χ2n) is 8.62. The molecule has 0 saturated heterocycles. The molecule has 1 aliphatic carbocycles. The minimum absolute atomic E-state index is 1.23. The summed E-state index contributed by atoms with van der Waals surface area (Å²) in [6.45, 7) is 9.52. The van der Waals surface area contributed by atoms with Gasteiger partial charge < -0.3 is 0 Å². The van der Waals surface area contributed by atoms with Crippen molar-refractivity contribution in [1.82, 2.24) is 0 Å². The summed E-state index contributed by atoms with van der Waals surface area (Å²) in [5.74, 6) is 0. The smallest absolute Gasteiger partial charge is 0.200 e. The SMILES string of the molecule is Cc1cc2c(cc1-c1c3ccc([Si](C)(C)C)cc3cc[n+]1C)CCC2. The highest BCUT2D eigenvalue weighted by molar-refractivity contribution is 6.88. The number of nitrogens with zero attached hydrogens (tertiary/aromatic N) is 1. The largest absolute Gasteiger partial charge is 0.220 e. The van der Waals surface area contributed by atoms with E-state index < -0.39 is 8.07 Å². The Labute approximate surface area is 152 Å². The normalized spacial score (nSPS) is 14.1. The summed E-state index contributed by atoms with van der Waals surface area (Å²) in [4.78, 5) is 0. The summed E-state index contributed by atoms with van der Waals surface area (Å²) >= 11 is 0. The zero-order valence-electron chi connectivity index (χ0n) is 16.1. The van der Waals surface area contributed by atoms with Gasteiger partial charge in [-0.1, -0.05) is 43.0 Å². The quantitative estimate of drug-likeness (QED) is 0.469. The van der Waals surface area contributed by atoms with Crippen LogP contribution in [-0.2, 0) is 19.9 Å². The van der Waals surface area contributed by atoms with Gasteiger partial charge in [0.1, 0.15) is 7.05 Å². The minimum atomic E-state index is -1.29. The van der Waals surface area contributed by atoms with Crippen LogP contribution in [0.25, 0.3) is 22.0 Å². The van der Waals surface area contributed by atoms with Crippen molar-refractivity contribution in [3.8, 4) is 11.3 Å². The fourth-order valence-electron chi connectivity index (χ4n) is 4.18. The molecule has 2 aromatic carbocycles. The van der Waals surface area contributed by atoms with Crippen molar-refractivity contribution in [3.05, 3.63) is 59.3 Å². The molecule has 25 heavy (non-hydrogen) atoms. The van der Waals surface area contributed by atoms with E-state index in [1.54, 1.807) is 11.1 Å². The molecule has 0 unspecified atom stereocenters. The fraction of sp³-hybridized carbons (Fsp3) is 0.348. The summed E-state index contributed by atoms with van der Waals surface area (Å²) in [6, 6.07) is 14.3. The summed E-state index contributed by atoms with van der Waals surface area (Å²) in [6.07, 6.45) is 6.01. The lowest BCUT2D eigenvalue weighted by Gasteiger charge is -2.17. The second-order valence-corrected chi connectivity index (χ2v) is 13.7. The van der Waals surface area contributed by atoms with Crippen LogP contribution in [0, 0.1) is 6.92 Å². The van der Waals surface area contributed by atoms with Crippen LogP contribution < -0.4 is 9.75 Å². The summed E-state index contributed by atoms with van der Waals surface area (Å²) in [5.41, 5.74) is 7.26. The van der Waals surface area contributed by atoms with Crippen molar-refractivity contribution in [2.24, 2.45) is 7.05 Å². The Morgan fingerprint density at radius 1 is 0.920 bits per heavy atom. The van der Waals surface area contributed by atoms with Crippen molar-refractivity contribution in [2.45, 2.75) is 45.8 Å². The van der Waals surface area contributed by atoms with E-state index in [1.807, 2.05) is 0 Å². The molecule has 0 fully saturated rings. The molecule has 2 heteroatoms. The van der Waals surface area contributed by atoms with Gasteiger partial charge in [-0.05, 0) is 60.4 Å². The van der Waals surface area contributed by atoms with Crippen molar-refractivity contribution in [1.29, 1.82) is 0 Å². The van der Waals surface area contributed by atoms with Crippen molar-refractivity contribution < 1.29 is 4.57 Å². The molecule has 0 aliphatic heterocycles. The average Bonchev–Trinajstić information content (AvgIpc) is 3.00. The van der Waals surface area contributed by atoms with Gasteiger partial charge in [-0.2, -0.15) is 0 Å². The average molecular weight is 347 g/mol. The molecule has 0 spiro atoms. The molecule has 128 valence electrons. The standard InChI is InChI=1S/C23H28NSi/c1-16-13-17-7-6-8-18(17)15-22(16)23-21-10-9-20(25(3,4)5)14-19(21)11-12-24(23)2/h9-15H,6-8H2,1-5H3/q+1. The zero-order chi connectivity index (χ0) is 17.8. The number of benzene rings is 2. The van der Waals surface area contributed by atoms with Gasteiger partial charge in [-0.15, -0.1) is 0 Å². The third kappa shape index (κ3) is 2.83. The van der Waals surface area contributed by atoms with Gasteiger partial charge in [0.25, 0.3) is 0 Å². The molecule has 1 aromatic heterocycles. The molecule has 1 nitrogen and oxygen atoms in total. The van der Waals surface area contributed by atoms with E-state index in [0.29, 0.717) is 0 Å². The summed E-state index contributed by atoms with van der Waals surface area (Å²) < 4.78 is 2.29. The van der Waals surface area contributed by atoms with Crippen molar-refractivity contribution in [2.75, 3.05) is 0 Å². The van der Waals surface area contributed by atoms with E-state index in [-0.39, 0.29) is 0 Å². The first kappa shape index (κ1) is 16.5. The lowest BCUT2D eigenvalue weighted by Crippen LogP contribution is -2.37. The highest BCUT2D eigenvalue weighted by Gasteiger charge is 2.22. The van der Waals surface area contributed by atoms with Gasteiger partial charge in [0.2, 0.25) is 5.69 Å². The van der Waals surface area contributed by atoms with E-state index in [9.17, 15) is 0 Å². The number of hydrogen-bond donors (Lipinski definition) is 0. The maximum atomic E-state index is 2.46. The first-order valence-electron chi connectivity index (χ1n) is 9.40. The molecule has 0 atom stereocenters. The van der Waals surface area contributed by atoms with Crippen LogP contribution in [0.4, 0.5) is 0 Å². The van der Waals surface area contributed by atoms with Gasteiger partial charge in [-0.3, -0.25) is 0 Å². The van der Waals surface area contributed by atoms with E-state index in [4.69, 9.17) is 0 Å². The molecule has 0 saturated carbocycles. The molecule has 0 bridgehead atoms. The maximum absolute atomic E-state index is 2.46. The monoisotopic (exact) mass is 346 g/mol. The van der Waals surface area contributed by atoms with Crippen LogP contribution in [-0.4, -0.2) is 8.07 Å². The van der Waals surface area contributed by atoms with E-state index in [2.05, 4.69) is 80.8 Å². The van der Waals surface area contributed by atoms with Crippen LogP contribution in [0.15, 0.2) is 42.6 Å². The predicted octanol–water partition coefficient (Wildman–Crippen LogP) is 4.67. The van der Waals surface area contributed by atoms with Crippen LogP contribution >= 0.6 is 0 Å². The van der Waals surface area contributed by atoms with Crippen molar-refractivity contribution in [3.63, 3.8) is 0 Å². The molecule has 4 rings (SSSR count). The molecule has 0 N–H and O–H groups in total. The minimum Gasteiger partial charge on any atom is -0.200 e. The predicted molar refractivity (Wildman–Crippen MR) is 110 cm³/mol. The molecule has 0 radical (unpaired) electrons. The summed E-state index contributed by atoms with van der Waals surface area (Å²) in [5, 5.41) is 4.27. The Kier molecular flexibility index (Phi) is 3.84.